The highest BCUT2D eigenvalue weighted by Gasteiger charge is 2.41. The van der Waals surface area contributed by atoms with Crippen LogP contribution in [0.5, 0.6) is 0 Å². The highest BCUT2D eigenvalue weighted by Crippen LogP contribution is 2.46. The number of hydrogen-bond donors (Lipinski definition) is 1. The first kappa shape index (κ1) is 19.4. The van der Waals surface area contributed by atoms with Gasteiger partial charge in [-0.3, -0.25) is 14.6 Å². The molecule has 0 amide bonds. The number of benzene rings is 3. The number of nitrogens with one attached hydrogen (secondary N) is 1. The molecule has 7 heteroatoms. The Labute approximate surface area is 180 Å². The van der Waals surface area contributed by atoms with Crippen molar-refractivity contribution in [2.45, 2.75) is 25.3 Å². The summed E-state index contributed by atoms with van der Waals surface area (Å²) >= 11 is 0. The molecule has 5 rings (SSSR count). The zero-order valence-electron chi connectivity index (χ0n) is 17.2. The van der Waals surface area contributed by atoms with Crippen LogP contribution in [-0.4, -0.2) is 18.2 Å². The van der Waals surface area contributed by atoms with E-state index in [2.05, 4.69) is 5.10 Å². The Bertz CT molecular complexity index is 1450. The molecule has 31 heavy (non-hydrogen) atoms. The lowest BCUT2D eigenvalue weighted by atomic mass is 10.1. The van der Waals surface area contributed by atoms with Gasteiger partial charge in [-0.15, -0.1) is 0 Å². The van der Waals surface area contributed by atoms with Gasteiger partial charge in [0.2, 0.25) is 0 Å². The lowest BCUT2D eigenvalue weighted by Crippen LogP contribution is -2.34. The Hall–Kier alpha value is -3.58. The van der Waals surface area contributed by atoms with Crippen LogP contribution in [0.15, 0.2) is 82.5 Å². The van der Waals surface area contributed by atoms with E-state index in [1.807, 2.05) is 62.4 Å². The van der Waals surface area contributed by atoms with E-state index in [0.717, 1.165) is 16.7 Å². The molecule has 2 heterocycles. The zero-order chi connectivity index (χ0) is 21.8. The molecular weight excluding hydrogens is 410 g/mol. The van der Waals surface area contributed by atoms with E-state index < -0.39 is 15.6 Å². The molecule has 0 atom stereocenters. The first-order chi connectivity index (χ1) is 14.9. The van der Waals surface area contributed by atoms with Crippen molar-refractivity contribution in [2.24, 2.45) is 0 Å². The molecule has 156 valence electrons. The Morgan fingerprint density at radius 2 is 1.45 bits per heavy atom. The highest BCUT2D eigenvalue weighted by molar-refractivity contribution is 7.93. The number of anilines is 2. The van der Waals surface area contributed by atoms with Crippen LogP contribution in [0.25, 0.3) is 11.3 Å². The van der Waals surface area contributed by atoms with E-state index in [0.29, 0.717) is 23.5 Å². The molecular formula is C24H21N3O3S. The number of H-pyrrole nitrogens is 1. The Balaban J connectivity index is 1.85. The summed E-state index contributed by atoms with van der Waals surface area (Å²) in [4.78, 5) is 13.4. The van der Waals surface area contributed by atoms with Gasteiger partial charge < -0.3 is 0 Å². The minimum Gasteiger partial charge on any atom is -0.278 e. The summed E-state index contributed by atoms with van der Waals surface area (Å²) in [6, 6.07) is 22.2. The molecule has 0 spiro atoms. The molecule has 0 aliphatic carbocycles. The van der Waals surface area contributed by atoms with E-state index in [4.69, 9.17) is 0 Å². The van der Waals surface area contributed by atoms with E-state index in [-0.39, 0.29) is 10.6 Å². The van der Waals surface area contributed by atoms with Gasteiger partial charge in [0.25, 0.3) is 15.6 Å². The molecule has 0 unspecified atom stereocenters. The molecule has 4 aromatic rings. The number of aromatic nitrogens is 2. The first-order valence-electron chi connectivity index (χ1n) is 9.97. The predicted molar refractivity (Wildman–Crippen MR) is 121 cm³/mol. The maximum atomic E-state index is 13.8. The minimum atomic E-state index is -3.98. The largest absolute Gasteiger partial charge is 0.289 e. The van der Waals surface area contributed by atoms with E-state index in [1.165, 1.54) is 4.31 Å². The highest BCUT2D eigenvalue weighted by atomic mass is 32.2. The lowest BCUT2D eigenvalue weighted by Gasteiger charge is -2.31. The van der Waals surface area contributed by atoms with Crippen molar-refractivity contribution in [1.82, 2.24) is 9.78 Å². The average molecular weight is 432 g/mol. The minimum absolute atomic E-state index is 0.132. The molecule has 0 fully saturated rings. The maximum Gasteiger partial charge on any atom is 0.289 e. The third-order valence-electron chi connectivity index (χ3n) is 5.64. The molecule has 0 radical (unpaired) electrons. The Kier molecular flexibility index (Phi) is 4.37. The van der Waals surface area contributed by atoms with Crippen molar-refractivity contribution >= 4 is 21.4 Å². The fraction of sp³-hybridized carbons (Fsp3) is 0.125. The van der Waals surface area contributed by atoms with Gasteiger partial charge in [-0.25, -0.2) is 12.7 Å². The van der Waals surface area contributed by atoms with Crippen LogP contribution in [0.2, 0.25) is 0 Å². The summed E-state index contributed by atoms with van der Waals surface area (Å²) in [5, 5.41) is 2.88. The smallest absolute Gasteiger partial charge is 0.278 e. The molecule has 1 aliphatic heterocycles. The second-order valence-electron chi connectivity index (χ2n) is 7.72. The van der Waals surface area contributed by atoms with Gasteiger partial charge in [-0.1, -0.05) is 66.7 Å². The van der Waals surface area contributed by atoms with Crippen LogP contribution in [0, 0.1) is 13.8 Å². The van der Waals surface area contributed by atoms with Gasteiger partial charge in [-0.2, -0.15) is 0 Å². The van der Waals surface area contributed by atoms with Crippen LogP contribution < -0.4 is 9.86 Å². The summed E-state index contributed by atoms with van der Waals surface area (Å²) < 4.78 is 30.5. The second-order valence-corrected chi connectivity index (χ2v) is 9.47. The van der Waals surface area contributed by atoms with Crippen molar-refractivity contribution in [3.63, 3.8) is 0 Å². The van der Waals surface area contributed by atoms with Crippen molar-refractivity contribution in [1.29, 1.82) is 0 Å². The number of nitrogens with zero attached hydrogens (tertiary/aromatic N) is 2. The van der Waals surface area contributed by atoms with Gasteiger partial charge in [0.15, 0.2) is 0 Å². The molecule has 6 nitrogen and oxygen atoms in total. The SMILES string of the molecule is Cc1cccc(C)c1N1c2c(n(Cc3ccccc3)[nH]c2=O)-c2ccccc2S1(=O)=O. The summed E-state index contributed by atoms with van der Waals surface area (Å²) in [6.07, 6.45) is 0. The Morgan fingerprint density at radius 3 is 2.16 bits per heavy atom. The first-order valence-corrected chi connectivity index (χ1v) is 11.4. The molecule has 0 saturated heterocycles. The Morgan fingerprint density at radius 1 is 0.806 bits per heavy atom. The third-order valence-corrected chi connectivity index (χ3v) is 7.39. The van der Waals surface area contributed by atoms with Crippen molar-refractivity contribution in [3.05, 3.63) is 99.8 Å². The van der Waals surface area contributed by atoms with Gasteiger partial charge >= 0.3 is 0 Å². The van der Waals surface area contributed by atoms with Crippen molar-refractivity contribution in [3.8, 4) is 11.3 Å². The molecule has 1 aliphatic rings. The van der Waals surface area contributed by atoms with Gasteiger partial charge in [0.05, 0.1) is 22.8 Å². The average Bonchev–Trinajstić information content (AvgIpc) is 3.06. The molecule has 1 N–H and O–H groups in total. The van der Waals surface area contributed by atoms with E-state index >= 15 is 0 Å². The van der Waals surface area contributed by atoms with E-state index in [1.54, 1.807) is 28.9 Å². The van der Waals surface area contributed by atoms with Crippen LogP contribution in [0.3, 0.4) is 0 Å². The van der Waals surface area contributed by atoms with Crippen LogP contribution in [0.1, 0.15) is 16.7 Å². The maximum absolute atomic E-state index is 13.8. The molecule has 0 saturated carbocycles. The zero-order valence-corrected chi connectivity index (χ0v) is 18.0. The fourth-order valence-electron chi connectivity index (χ4n) is 4.28. The molecule has 0 bridgehead atoms. The van der Waals surface area contributed by atoms with Gasteiger partial charge in [0, 0.05) is 5.56 Å². The second kappa shape index (κ2) is 6.99. The molecule has 3 aromatic carbocycles. The number of fused-ring (bicyclic) bond motifs is 3. The monoisotopic (exact) mass is 431 g/mol. The quantitative estimate of drug-likeness (QED) is 0.524. The van der Waals surface area contributed by atoms with Crippen LogP contribution >= 0.6 is 0 Å². The number of aromatic amines is 1. The number of para-hydroxylation sites is 1. The fourth-order valence-corrected chi connectivity index (χ4v) is 6.10. The van der Waals surface area contributed by atoms with E-state index in [9.17, 15) is 13.2 Å². The number of sulfonamides is 1. The number of hydrogen-bond acceptors (Lipinski definition) is 3. The van der Waals surface area contributed by atoms with Gasteiger partial charge in [0.1, 0.15) is 5.69 Å². The third kappa shape index (κ3) is 2.92. The van der Waals surface area contributed by atoms with Gasteiger partial charge in [-0.05, 0) is 36.6 Å². The normalized spacial score (nSPS) is 14.2. The standard InChI is InChI=1S/C24H21N3O3S/c1-16-9-8-10-17(2)21(16)27-23-22(19-13-6-7-14-20(19)31(27,29)30)26(25-24(23)28)15-18-11-4-3-5-12-18/h3-14H,15H2,1-2H3,(H,25,28). The number of aryl methyl sites for hydroxylation is 2. The topological polar surface area (TPSA) is 75.2 Å². The summed E-state index contributed by atoms with van der Waals surface area (Å²) in [5.74, 6) is 0. The predicted octanol–water partition coefficient (Wildman–Crippen LogP) is 4.35. The van der Waals surface area contributed by atoms with Crippen LogP contribution in [-0.2, 0) is 16.6 Å². The van der Waals surface area contributed by atoms with Crippen molar-refractivity contribution in [2.75, 3.05) is 4.31 Å². The lowest BCUT2D eigenvalue weighted by molar-refractivity contribution is 0.595. The summed E-state index contributed by atoms with van der Waals surface area (Å²) in [5.41, 5.74) is 3.87. The summed E-state index contributed by atoms with van der Waals surface area (Å²) in [6.45, 7) is 4.13. The van der Waals surface area contributed by atoms with Crippen molar-refractivity contribution < 1.29 is 8.42 Å². The van der Waals surface area contributed by atoms with Crippen LogP contribution in [0.4, 0.5) is 11.4 Å². The number of rotatable bonds is 3. The molecule has 1 aromatic heterocycles. The summed E-state index contributed by atoms with van der Waals surface area (Å²) in [7, 11) is -3.98.